The quantitative estimate of drug-likeness (QED) is 0.331. The number of rotatable bonds is 6. The third-order valence-electron chi connectivity index (χ3n) is 8.25. The Morgan fingerprint density at radius 3 is 2.74 bits per heavy atom. The zero-order valence-electron chi connectivity index (χ0n) is 20.8. The molecule has 3 aliphatic heterocycles. The summed E-state index contributed by atoms with van der Waals surface area (Å²) in [6.45, 7) is 6.76. The summed E-state index contributed by atoms with van der Waals surface area (Å²) in [4.78, 5) is 12.2. The smallest absolute Gasteiger partial charge is 0.214 e. The highest BCUT2D eigenvalue weighted by Crippen LogP contribution is 2.44. The van der Waals surface area contributed by atoms with Crippen molar-refractivity contribution in [3.8, 4) is 11.6 Å². The number of methoxy groups -OCH3 is 1. The molecule has 7 rings (SSSR count). The van der Waals surface area contributed by atoms with Gasteiger partial charge in [0.1, 0.15) is 11.9 Å². The minimum Gasteiger partial charge on any atom is -0.497 e. The molecule has 4 aromatic rings. The van der Waals surface area contributed by atoms with Gasteiger partial charge in [-0.05, 0) is 74.0 Å². The van der Waals surface area contributed by atoms with E-state index in [0.29, 0.717) is 11.9 Å². The van der Waals surface area contributed by atoms with E-state index < -0.39 is 0 Å². The average Bonchev–Trinajstić information content (AvgIpc) is 2.91. The highest BCUT2D eigenvalue weighted by molar-refractivity contribution is 5.84. The van der Waals surface area contributed by atoms with Gasteiger partial charge in [0.2, 0.25) is 5.88 Å². The topological polar surface area (TPSA) is 47.5 Å². The van der Waals surface area contributed by atoms with Crippen LogP contribution in [-0.2, 0) is 0 Å². The van der Waals surface area contributed by atoms with Gasteiger partial charge in [0.25, 0.3) is 0 Å². The molecule has 0 amide bonds. The molecule has 0 aliphatic carbocycles. The normalized spacial score (nSPS) is 24.5. The second kappa shape index (κ2) is 9.12. The highest BCUT2D eigenvalue weighted by atomic mass is 16.5. The Hall–Kier alpha value is -3.18. The number of hydrogen-bond acceptors (Lipinski definition) is 5. The van der Waals surface area contributed by atoms with Gasteiger partial charge >= 0.3 is 0 Å². The van der Waals surface area contributed by atoms with Crippen molar-refractivity contribution in [2.45, 2.75) is 45.3 Å². The van der Waals surface area contributed by atoms with Crippen molar-refractivity contribution >= 4 is 21.8 Å². The van der Waals surface area contributed by atoms with E-state index in [9.17, 15) is 0 Å². The molecule has 3 fully saturated rings. The van der Waals surface area contributed by atoms with E-state index >= 15 is 0 Å². The fourth-order valence-corrected chi connectivity index (χ4v) is 6.34. The van der Waals surface area contributed by atoms with Crippen molar-refractivity contribution in [2.75, 3.05) is 20.2 Å². The first-order valence-corrected chi connectivity index (χ1v) is 12.8. The Labute approximate surface area is 207 Å². The number of benzene rings is 2. The number of fused-ring (bicyclic) bond motifs is 5. The van der Waals surface area contributed by atoms with Gasteiger partial charge in [-0.2, -0.15) is 0 Å². The Bertz CT molecular complexity index is 1370. The Morgan fingerprint density at radius 1 is 1.06 bits per heavy atom. The van der Waals surface area contributed by atoms with Crippen LogP contribution in [0.1, 0.15) is 43.4 Å². The van der Waals surface area contributed by atoms with Gasteiger partial charge in [0.15, 0.2) is 0 Å². The van der Waals surface area contributed by atoms with Gasteiger partial charge in [0, 0.05) is 35.1 Å². The lowest BCUT2D eigenvalue weighted by molar-refractivity contribution is -0.0492. The molecule has 5 heteroatoms. The number of nitrogens with zero attached hydrogens (tertiary/aromatic N) is 3. The molecule has 2 aromatic carbocycles. The molecule has 3 saturated heterocycles. The molecule has 0 spiro atoms. The zero-order chi connectivity index (χ0) is 23.9. The molecule has 5 atom stereocenters. The first-order chi connectivity index (χ1) is 17.1. The fourth-order valence-electron chi connectivity index (χ4n) is 6.34. The zero-order valence-corrected chi connectivity index (χ0v) is 20.8. The van der Waals surface area contributed by atoms with Crippen LogP contribution in [0.25, 0.3) is 21.8 Å². The summed E-state index contributed by atoms with van der Waals surface area (Å²) >= 11 is 0. The Kier molecular flexibility index (Phi) is 5.81. The molecule has 5 heterocycles. The van der Waals surface area contributed by atoms with Crippen LogP contribution in [0.5, 0.6) is 11.6 Å². The van der Waals surface area contributed by atoms with Gasteiger partial charge in [-0.25, -0.2) is 4.98 Å². The second-order valence-electron chi connectivity index (χ2n) is 10.1. The van der Waals surface area contributed by atoms with E-state index in [1.807, 2.05) is 24.4 Å². The standard InChI is InChI=1S/C30H33N3O2/c1-4-20-18-33-14-12-21(20)16-28(33)30(24-11-13-31-26-10-9-22(34-3)17-25(24)26)35-29-15-19(2)23-7-5-6-8-27(23)32-29/h5-11,13,15,17,20-21,28,30H,4,12,14,16,18H2,1-3H3/t20?,21?,28-,30+/m1/s1. The molecule has 2 bridgehead atoms. The van der Waals surface area contributed by atoms with Crippen LogP contribution < -0.4 is 9.47 Å². The Morgan fingerprint density at radius 2 is 1.94 bits per heavy atom. The summed E-state index contributed by atoms with van der Waals surface area (Å²) in [7, 11) is 1.71. The van der Waals surface area contributed by atoms with E-state index in [1.165, 1.54) is 23.8 Å². The lowest BCUT2D eigenvalue weighted by Gasteiger charge is -2.51. The molecular formula is C30H33N3O2. The van der Waals surface area contributed by atoms with Crippen molar-refractivity contribution in [2.24, 2.45) is 11.8 Å². The number of pyridine rings is 2. The lowest BCUT2D eigenvalue weighted by atomic mass is 9.72. The summed E-state index contributed by atoms with van der Waals surface area (Å²) in [6, 6.07) is 18.9. The molecule has 2 aromatic heterocycles. The summed E-state index contributed by atoms with van der Waals surface area (Å²) < 4.78 is 12.5. The van der Waals surface area contributed by atoms with Gasteiger partial charge in [0.05, 0.1) is 24.2 Å². The molecule has 3 aliphatic rings. The van der Waals surface area contributed by atoms with Crippen molar-refractivity contribution in [1.82, 2.24) is 14.9 Å². The highest BCUT2D eigenvalue weighted by Gasteiger charge is 2.44. The van der Waals surface area contributed by atoms with Gasteiger partial charge in [-0.1, -0.05) is 31.5 Å². The first kappa shape index (κ1) is 22.3. The Balaban J connectivity index is 1.46. The first-order valence-electron chi connectivity index (χ1n) is 12.8. The van der Waals surface area contributed by atoms with Crippen molar-refractivity contribution in [1.29, 1.82) is 0 Å². The molecule has 180 valence electrons. The third kappa shape index (κ3) is 4.02. The fraction of sp³-hybridized carbons (Fsp3) is 0.400. The summed E-state index contributed by atoms with van der Waals surface area (Å²) in [5.41, 5.74) is 4.27. The van der Waals surface area contributed by atoms with Gasteiger partial charge in [-0.15, -0.1) is 0 Å². The van der Waals surface area contributed by atoms with Gasteiger partial charge in [-0.3, -0.25) is 9.88 Å². The molecule has 5 nitrogen and oxygen atoms in total. The summed E-state index contributed by atoms with van der Waals surface area (Å²) in [6.07, 6.45) is 5.47. The second-order valence-corrected chi connectivity index (χ2v) is 10.1. The maximum Gasteiger partial charge on any atom is 0.214 e. The molecular weight excluding hydrogens is 434 g/mol. The molecule has 35 heavy (non-hydrogen) atoms. The largest absolute Gasteiger partial charge is 0.497 e. The summed E-state index contributed by atoms with van der Waals surface area (Å²) in [5, 5.41) is 2.26. The van der Waals surface area contributed by atoms with E-state index in [4.69, 9.17) is 14.5 Å². The SMILES string of the molecule is CCC1CN2CCC1C[C@@H]2[C@@H](Oc1cc(C)c2ccccc2n1)c1ccnc2ccc(OC)cc12. The van der Waals surface area contributed by atoms with Crippen LogP contribution in [0.3, 0.4) is 0 Å². The van der Waals surface area contributed by atoms with Crippen LogP contribution in [-0.4, -0.2) is 41.1 Å². The number of piperidine rings is 3. The maximum atomic E-state index is 6.91. The average molecular weight is 468 g/mol. The number of aromatic nitrogens is 2. The van der Waals surface area contributed by atoms with Crippen molar-refractivity contribution in [3.05, 3.63) is 71.9 Å². The minimum atomic E-state index is -0.138. The molecule has 0 N–H and O–H groups in total. The number of hydrogen-bond donors (Lipinski definition) is 0. The monoisotopic (exact) mass is 467 g/mol. The van der Waals surface area contributed by atoms with E-state index in [2.05, 4.69) is 60.1 Å². The van der Waals surface area contributed by atoms with Crippen LogP contribution >= 0.6 is 0 Å². The summed E-state index contributed by atoms with van der Waals surface area (Å²) in [5.74, 6) is 3.07. The molecule has 3 unspecified atom stereocenters. The van der Waals surface area contributed by atoms with Crippen LogP contribution in [0, 0.1) is 18.8 Å². The number of aryl methyl sites for hydroxylation is 1. The maximum absolute atomic E-state index is 6.91. The van der Waals surface area contributed by atoms with E-state index in [0.717, 1.165) is 59.1 Å². The predicted octanol–water partition coefficient (Wildman–Crippen LogP) is 6.34. The van der Waals surface area contributed by atoms with E-state index in [1.54, 1.807) is 7.11 Å². The number of ether oxygens (including phenoxy) is 2. The van der Waals surface area contributed by atoms with Crippen LogP contribution in [0.2, 0.25) is 0 Å². The molecule has 0 radical (unpaired) electrons. The molecule has 0 saturated carbocycles. The predicted molar refractivity (Wildman–Crippen MR) is 140 cm³/mol. The number of para-hydroxylation sites is 1. The van der Waals surface area contributed by atoms with Crippen molar-refractivity contribution in [3.63, 3.8) is 0 Å². The third-order valence-corrected chi connectivity index (χ3v) is 8.25. The van der Waals surface area contributed by atoms with Crippen LogP contribution in [0.15, 0.2) is 60.8 Å². The van der Waals surface area contributed by atoms with Crippen molar-refractivity contribution < 1.29 is 9.47 Å². The lowest BCUT2D eigenvalue weighted by Crippen LogP contribution is -2.56. The van der Waals surface area contributed by atoms with E-state index in [-0.39, 0.29) is 6.10 Å². The van der Waals surface area contributed by atoms with Crippen LogP contribution in [0.4, 0.5) is 0 Å². The minimum absolute atomic E-state index is 0.138. The van der Waals surface area contributed by atoms with Gasteiger partial charge < -0.3 is 9.47 Å².